The van der Waals surface area contributed by atoms with Crippen LogP contribution in [0.5, 0.6) is 0 Å². The third kappa shape index (κ3) is 3.82. The van der Waals surface area contributed by atoms with Crippen molar-refractivity contribution in [3.05, 3.63) is 35.4 Å². The minimum atomic E-state index is -0.466. The molecule has 1 aromatic carbocycles. The molecule has 1 aromatic rings. The lowest BCUT2D eigenvalue weighted by atomic mass is 9.47. The molecule has 1 unspecified atom stereocenters. The zero-order valence-electron chi connectivity index (χ0n) is 17.0. The van der Waals surface area contributed by atoms with Gasteiger partial charge in [-0.25, -0.2) is 0 Å². The lowest BCUT2D eigenvalue weighted by Crippen LogP contribution is -2.62. The fraction of sp³-hybridized carbons (Fsp3) is 0.652. The Balaban J connectivity index is 1.56. The highest BCUT2D eigenvalue weighted by molar-refractivity contribution is 5.97. The fourth-order valence-corrected chi connectivity index (χ4v) is 6.33. The first-order valence-electron chi connectivity index (χ1n) is 10.6. The maximum atomic E-state index is 13.2. The van der Waals surface area contributed by atoms with Gasteiger partial charge < -0.3 is 15.4 Å². The summed E-state index contributed by atoms with van der Waals surface area (Å²) in [5.41, 5.74) is 1.64. The molecule has 4 aliphatic rings. The standard InChI is InChI=1S/C23H32N2O3/c1-15-3-5-19(6-4-15)21(26)25-20(22(27)24-7-8-28-2)23-12-16-9-17(13-23)11-18(10-16)14-23/h3-6,16-18,20H,7-14H2,1-2H3,(H,24,27)(H,25,26). The number of rotatable bonds is 7. The number of nitrogens with one attached hydrogen (secondary N) is 2. The molecule has 4 fully saturated rings. The first-order chi connectivity index (χ1) is 13.5. The van der Waals surface area contributed by atoms with Crippen LogP contribution in [-0.4, -0.2) is 38.1 Å². The predicted molar refractivity (Wildman–Crippen MR) is 108 cm³/mol. The Hall–Kier alpha value is -1.88. The highest BCUT2D eigenvalue weighted by Crippen LogP contribution is 2.61. The van der Waals surface area contributed by atoms with E-state index in [1.165, 1.54) is 19.3 Å². The van der Waals surface area contributed by atoms with Crippen molar-refractivity contribution in [2.45, 2.75) is 51.5 Å². The van der Waals surface area contributed by atoms with Gasteiger partial charge in [-0.05, 0) is 75.3 Å². The summed E-state index contributed by atoms with van der Waals surface area (Å²) in [6.07, 6.45) is 7.12. The van der Waals surface area contributed by atoms with E-state index >= 15 is 0 Å². The maximum Gasteiger partial charge on any atom is 0.251 e. The van der Waals surface area contributed by atoms with E-state index < -0.39 is 6.04 Å². The van der Waals surface area contributed by atoms with E-state index in [0.717, 1.165) is 42.6 Å². The van der Waals surface area contributed by atoms with Gasteiger partial charge in [-0.3, -0.25) is 9.59 Å². The van der Waals surface area contributed by atoms with Gasteiger partial charge in [0.25, 0.3) is 5.91 Å². The Morgan fingerprint density at radius 2 is 1.64 bits per heavy atom. The van der Waals surface area contributed by atoms with Gasteiger partial charge in [0.15, 0.2) is 0 Å². The summed E-state index contributed by atoms with van der Waals surface area (Å²) in [6, 6.07) is 7.08. The number of hydrogen-bond acceptors (Lipinski definition) is 3. The molecule has 4 bridgehead atoms. The lowest BCUT2D eigenvalue weighted by molar-refractivity contribution is -0.134. The molecule has 28 heavy (non-hydrogen) atoms. The van der Waals surface area contributed by atoms with E-state index in [2.05, 4.69) is 10.6 Å². The lowest BCUT2D eigenvalue weighted by Gasteiger charge is -2.58. The van der Waals surface area contributed by atoms with Gasteiger partial charge in [-0.15, -0.1) is 0 Å². The molecule has 0 saturated heterocycles. The van der Waals surface area contributed by atoms with Crippen LogP contribution in [-0.2, 0) is 9.53 Å². The van der Waals surface area contributed by atoms with Crippen molar-refractivity contribution < 1.29 is 14.3 Å². The Labute approximate surface area is 167 Å². The minimum Gasteiger partial charge on any atom is -0.383 e. The monoisotopic (exact) mass is 384 g/mol. The molecule has 2 N–H and O–H groups in total. The molecule has 4 saturated carbocycles. The van der Waals surface area contributed by atoms with Crippen molar-refractivity contribution in [2.24, 2.45) is 23.2 Å². The van der Waals surface area contributed by atoms with E-state index in [1.54, 1.807) is 7.11 Å². The summed E-state index contributed by atoms with van der Waals surface area (Å²) < 4.78 is 5.08. The van der Waals surface area contributed by atoms with Crippen molar-refractivity contribution in [3.8, 4) is 0 Å². The van der Waals surface area contributed by atoms with Crippen molar-refractivity contribution in [1.29, 1.82) is 0 Å². The topological polar surface area (TPSA) is 67.4 Å². The van der Waals surface area contributed by atoms with Gasteiger partial charge in [0, 0.05) is 24.6 Å². The molecular formula is C23H32N2O3. The first-order valence-corrected chi connectivity index (χ1v) is 10.6. The SMILES string of the molecule is COCCNC(=O)C(NC(=O)c1ccc(C)cc1)C12CC3CC(CC(C3)C1)C2. The maximum absolute atomic E-state index is 13.2. The Bertz CT molecular complexity index is 693. The molecule has 0 aliphatic heterocycles. The van der Waals surface area contributed by atoms with Crippen LogP contribution < -0.4 is 10.6 Å². The molecule has 5 heteroatoms. The van der Waals surface area contributed by atoms with Crippen LogP contribution in [0.1, 0.15) is 54.4 Å². The van der Waals surface area contributed by atoms with Crippen LogP contribution >= 0.6 is 0 Å². The fourth-order valence-electron chi connectivity index (χ4n) is 6.33. The predicted octanol–water partition coefficient (Wildman–Crippen LogP) is 3.07. The molecule has 0 heterocycles. The van der Waals surface area contributed by atoms with E-state index in [9.17, 15) is 9.59 Å². The normalized spacial score (nSPS) is 31.4. The molecule has 2 amide bonds. The Morgan fingerprint density at radius 3 is 2.18 bits per heavy atom. The summed E-state index contributed by atoms with van der Waals surface area (Å²) in [4.78, 5) is 26.2. The molecule has 1 atom stereocenters. The number of ether oxygens (including phenoxy) is 1. The van der Waals surface area contributed by atoms with Crippen LogP contribution in [0.15, 0.2) is 24.3 Å². The average molecular weight is 385 g/mol. The van der Waals surface area contributed by atoms with E-state index in [1.807, 2.05) is 31.2 Å². The van der Waals surface area contributed by atoms with Gasteiger partial charge in [0.1, 0.15) is 6.04 Å². The number of amides is 2. The minimum absolute atomic E-state index is 0.0561. The van der Waals surface area contributed by atoms with E-state index in [0.29, 0.717) is 18.7 Å². The molecule has 4 aliphatic carbocycles. The van der Waals surface area contributed by atoms with Crippen molar-refractivity contribution >= 4 is 11.8 Å². The summed E-state index contributed by atoms with van der Waals surface area (Å²) in [5.74, 6) is 1.95. The van der Waals surface area contributed by atoms with E-state index in [4.69, 9.17) is 4.74 Å². The quantitative estimate of drug-likeness (QED) is 0.710. The van der Waals surface area contributed by atoms with Gasteiger partial charge in [-0.2, -0.15) is 0 Å². The number of benzene rings is 1. The van der Waals surface area contributed by atoms with Gasteiger partial charge in [0.05, 0.1) is 6.61 Å². The Kier molecular flexibility index (Phi) is 5.46. The second-order valence-corrected chi connectivity index (χ2v) is 9.34. The highest BCUT2D eigenvalue weighted by atomic mass is 16.5. The van der Waals surface area contributed by atoms with Crippen LogP contribution in [0.3, 0.4) is 0 Å². The van der Waals surface area contributed by atoms with Gasteiger partial charge >= 0.3 is 0 Å². The molecule has 5 rings (SSSR count). The van der Waals surface area contributed by atoms with Crippen LogP contribution in [0.25, 0.3) is 0 Å². The summed E-state index contributed by atoms with van der Waals surface area (Å²) >= 11 is 0. The van der Waals surface area contributed by atoms with Gasteiger partial charge in [-0.1, -0.05) is 17.7 Å². The Morgan fingerprint density at radius 1 is 1.07 bits per heavy atom. The van der Waals surface area contributed by atoms with Crippen molar-refractivity contribution in [1.82, 2.24) is 10.6 Å². The average Bonchev–Trinajstić information content (AvgIpc) is 2.65. The zero-order chi connectivity index (χ0) is 19.7. The molecule has 5 nitrogen and oxygen atoms in total. The number of hydrogen-bond donors (Lipinski definition) is 2. The number of aryl methyl sites for hydroxylation is 1. The number of carbonyl (C=O) groups excluding carboxylic acids is 2. The number of carbonyl (C=O) groups is 2. The largest absolute Gasteiger partial charge is 0.383 e. The molecular weight excluding hydrogens is 352 g/mol. The smallest absolute Gasteiger partial charge is 0.251 e. The second-order valence-electron chi connectivity index (χ2n) is 9.34. The van der Waals surface area contributed by atoms with Crippen LogP contribution in [0, 0.1) is 30.1 Å². The molecule has 0 aromatic heterocycles. The third-order valence-electron chi connectivity index (χ3n) is 7.15. The summed E-state index contributed by atoms with van der Waals surface area (Å²) in [6.45, 7) is 2.95. The van der Waals surface area contributed by atoms with Gasteiger partial charge in [0.2, 0.25) is 5.91 Å². The van der Waals surface area contributed by atoms with Crippen molar-refractivity contribution in [3.63, 3.8) is 0 Å². The van der Waals surface area contributed by atoms with Crippen LogP contribution in [0.4, 0.5) is 0 Å². The third-order valence-corrected chi connectivity index (χ3v) is 7.15. The summed E-state index contributed by atoms with van der Waals surface area (Å²) in [5, 5.41) is 6.14. The highest BCUT2D eigenvalue weighted by Gasteiger charge is 2.56. The summed E-state index contributed by atoms with van der Waals surface area (Å²) in [7, 11) is 1.63. The second kappa shape index (κ2) is 7.86. The van der Waals surface area contributed by atoms with E-state index in [-0.39, 0.29) is 17.2 Å². The molecule has 0 radical (unpaired) electrons. The number of methoxy groups -OCH3 is 1. The van der Waals surface area contributed by atoms with Crippen molar-refractivity contribution in [2.75, 3.05) is 20.3 Å². The zero-order valence-corrected chi connectivity index (χ0v) is 17.0. The molecule has 152 valence electrons. The molecule has 0 spiro atoms. The van der Waals surface area contributed by atoms with Crippen LogP contribution in [0.2, 0.25) is 0 Å². The first kappa shape index (κ1) is 19.4.